The number of aromatic nitrogens is 1. The standard InChI is InChI=1S/C25H36N6O/c1-3-26-25(29-22-10-13-30(14-11-22)23-7-5-4-6-8-23)28-18-21-9-12-27-24(17-21)31-15-16-32-20(2)19-31/h4-9,12,17,20,22H,3,10-11,13-16,18-19H2,1-2H3,(H2,26,28,29). The first kappa shape index (κ1) is 22.4. The number of para-hydroxylation sites is 1. The van der Waals surface area contributed by atoms with Gasteiger partial charge in [-0.05, 0) is 56.5 Å². The van der Waals surface area contributed by atoms with Gasteiger partial charge >= 0.3 is 0 Å². The molecule has 0 saturated carbocycles. The molecule has 0 radical (unpaired) electrons. The number of nitrogens with zero attached hydrogens (tertiary/aromatic N) is 4. The van der Waals surface area contributed by atoms with Gasteiger partial charge in [-0.25, -0.2) is 9.98 Å². The van der Waals surface area contributed by atoms with Gasteiger partial charge in [0.1, 0.15) is 5.82 Å². The molecule has 2 N–H and O–H groups in total. The number of piperidine rings is 1. The number of rotatable bonds is 6. The Balaban J connectivity index is 1.33. The number of ether oxygens (including phenoxy) is 1. The molecule has 2 aliphatic rings. The molecule has 3 heterocycles. The van der Waals surface area contributed by atoms with Gasteiger partial charge in [-0.1, -0.05) is 18.2 Å². The van der Waals surface area contributed by atoms with Crippen molar-refractivity contribution >= 4 is 17.5 Å². The van der Waals surface area contributed by atoms with E-state index in [1.807, 2.05) is 6.20 Å². The van der Waals surface area contributed by atoms with Crippen molar-refractivity contribution in [2.24, 2.45) is 4.99 Å². The fraction of sp³-hybridized carbons (Fsp3) is 0.520. The highest BCUT2D eigenvalue weighted by molar-refractivity contribution is 5.80. The third-order valence-corrected chi connectivity index (χ3v) is 6.10. The summed E-state index contributed by atoms with van der Waals surface area (Å²) in [5.74, 6) is 1.91. The van der Waals surface area contributed by atoms with Crippen molar-refractivity contribution in [3.8, 4) is 0 Å². The van der Waals surface area contributed by atoms with Crippen molar-refractivity contribution in [3.63, 3.8) is 0 Å². The SMILES string of the molecule is CCNC(=NCc1ccnc(N2CCOC(C)C2)c1)NC1CCN(c2ccccc2)CC1. The van der Waals surface area contributed by atoms with E-state index in [4.69, 9.17) is 9.73 Å². The highest BCUT2D eigenvalue weighted by Crippen LogP contribution is 2.20. The van der Waals surface area contributed by atoms with E-state index in [1.54, 1.807) is 0 Å². The van der Waals surface area contributed by atoms with E-state index in [1.165, 1.54) is 11.3 Å². The van der Waals surface area contributed by atoms with E-state index in [0.717, 1.165) is 63.9 Å². The summed E-state index contributed by atoms with van der Waals surface area (Å²) in [4.78, 5) is 14.2. The topological polar surface area (TPSA) is 65.0 Å². The molecule has 1 unspecified atom stereocenters. The van der Waals surface area contributed by atoms with Gasteiger partial charge in [-0.2, -0.15) is 0 Å². The Morgan fingerprint density at radius 3 is 2.69 bits per heavy atom. The summed E-state index contributed by atoms with van der Waals surface area (Å²) < 4.78 is 5.66. The van der Waals surface area contributed by atoms with Crippen molar-refractivity contribution in [1.82, 2.24) is 15.6 Å². The van der Waals surface area contributed by atoms with Gasteiger partial charge in [-0.15, -0.1) is 0 Å². The molecule has 2 fully saturated rings. The molecular weight excluding hydrogens is 400 g/mol. The van der Waals surface area contributed by atoms with E-state index in [0.29, 0.717) is 12.6 Å². The molecule has 2 saturated heterocycles. The predicted molar refractivity (Wildman–Crippen MR) is 131 cm³/mol. The number of hydrogen-bond donors (Lipinski definition) is 2. The maximum atomic E-state index is 5.66. The molecule has 7 nitrogen and oxygen atoms in total. The van der Waals surface area contributed by atoms with Crippen LogP contribution >= 0.6 is 0 Å². The van der Waals surface area contributed by atoms with Gasteiger partial charge < -0.3 is 25.2 Å². The largest absolute Gasteiger partial charge is 0.375 e. The molecule has 1 aromatic carbocycles. The van der Waals surface area contributed by atoms with Gasteiger partial charge in [0, 0.05) is 50.6 Å². The summed E-state index contributed by atoms with van der Waals surface area (Å²) in [5.41, 5.74) is 2.49. The number of nitrogens with one attached hydrogen (secondary N) is 2. The highest BCUT2D eigenvalue weighted by Gasteiger charge is 2.20. The molecule has 0 spiro atoms. The maximum Gasteiger partial charge on any atom is 0.191 e. The zero-order valence-electron chi connectivity index (χ0n) is 19.3. The van der Waals surface area contributed by atoms with Crippen LogP contribution in [0.15, 0.2) is 53.7 Å². The van der Waals surface area contributed by atoms with Gasteiger partial charge in [-0.3, -0.25) is 0 Å². The summed E-state index contributed by atoms with van der Waals surface area (Å²) >= 11 is 0. The van der Waals surface area contributed by atoms with E-state index in [9.17, 15) is 0 Å². The smallest absolute Gasteiger partial charge is 0.191 e. The Morgan fingerprint density at radius 2 is 1.94 bits per heavy atom. The lowest BCUT2D eigenvalue weighted by Gasteiger charge is -2.34. The van der Waals surface area contributed by atoms with E-state index in [-0.39, 0.29) is 6.10 Å². The lowest BCUT2D eigenvalue weighted by molar-refractivity contribution is 0.0529. The van der Waals surface area contributed by atoms with E-state index in [2.05, 4.69) is 81.7 Å². The number of guanidine groups is 1. The first-order valence-corrected chi connectivity index (χ1v) is 11.9. The number of morpholine rings is 1. The minimum Gasteiger partial charge on any atom is -0.375 e. The second-order valence-corrected chi connectivity index (χ2v) is 8.59. The Bertz CT molecular complexity index is 866. The quantitative estimate of drug-likeness (QED) is 0.536. The second kappa shape index (κ2) is 11.2. The van der Waals surface area contributed by atoms with Crippen LogP contribution in [0.25, 0.3) is 0 Å². The zero-order chi connectivity index (χ0) is 22.2. The molecule has 1 atom stereocenters. The first-order chi connectivity index (χ1) is 15.7. The highest BCUT2D eigenvalue weighted by atomic mass is 16.5. The molecule has 7 heteroatoms. The van der Waals surface area contributed by atoms with Crippen LogP contribution in [0.2, 0.25) is 0 Å². The Kier molecular flexibility index (Phi) is 7.82. The van der Waals surface area contributed by atoms with E-state index >= 15 is 0 Å². The summed E-state index contributed by atoms with van der Waals surface area (Å²) in [6.07, 6.45) is 4.34. The summed E-state index contributed by atoms with van der Waals surface area (Å²) in [6.45, 7) is 10.3. The lowest BCUT2D eigenvalue weighted by Crippen LogP contribution is -2.48. The third-order valence-electron chi connectivity index (χ3n) is 6.10. The minimum absolute atomic E-state index is 0.241. The van der Waals surface area contributed by atoms with Crippen LogP contribution in [0, 0.1) is 0 Å². The minimum atomic E-state index is 0.241. The average molecular weight is 437 g/mol. The average Bonchev–Trinajstić information content (AvgIpc) is 2.84. The second-order valence-electron chi connectivity index (χ2n) is 8.59. The van der Waals surface area contributed by atoms with Crippen molar-refractivity contribution < 1.29 is 4.74 Å². The van der Waals surface area contributed by atoms with Crippen LogP contribution in [0.5, 0.6) is 0 Å². The Labute approximate surface area is 191 Å². The molecule has 0 bridgehead atoms. The molecule has 1 aromatic heterocycles. The van der Waals surface area contributed by atoms with Gasteiger partial charge in [0.05, 0.1) is 19.3 Å². The fourth-order valence-electron chi connectivity index (χ4n) is 4.36. The molecule has 172 valence electrons. The lowest BCUT2D eigenvalue weighted by atomic mass is 10.0. The van der Waals surface area contributed by atoms with E-state index < -0.39 is 0 Å². The van der Waals surface area contributed by atoms with Gasteiger partial charge in [0.25, 0.3) is 0 Å². The molecule has 4 rings (SSSR count). The fourth-order valence-corrected chi connectivity index (χ4v) is 4.36. The first-order valence-electron chi connectivity index (χ1n) is 11.9. The molecule has 32 heavy (non-hydrogen) atoms. The monoisotopic (exact) mass is 436 g/mol. The summed E-state index contributed by atoms with van der Waals surface area (Å²) in [7, 11) is 0. The molecule has 0 aliphatic carbocycles. The van der Waals surface area contributed by atoms with Crippen molar-refractivity contribution in [2.45, 2.75) is 45.4 Å². The summed E-state index contributed by atoms with van der Waals surface area (Å²) in [5, 5.41) is 7.06. The van der Waals surface area contributed by atoms with Crippen LogP contribution in [0.1, 0.15) is 32.3 Å². The normalized spacial score (nSPS) is 20.3. The van der Waals surface area contributed by atoms with Crippen LogP contribution in [0.3, 0.4) is 0 Å². The number of anilines is 2. The van der Waals surface area contributed by atoms with Crippen LogP contribution in [-0.4, -0.2) is 62.4 Å². The van der Waals surface area contributed by atoms with Crippen LogP contribution < -0.4 is 20.4 Å². The van der Waals surface area contributed by atoms with Crippen molar-refractivity contribution in [1.29, 1.82) is 0 Å². The maximum absolute atomic E-state index is 5.66. The van der Waals surface area contributed by atoms with Gasteiger partial charge in [0.15, 0.2) is 5.96 Å². The molecule has 2 aromatic rings. The third kappa shape index (κ3) is 6.13. The van der Waals surface area contributed by atoms with Crippen LogP contribution in [0.4, 0.5) is 11.5 Å². The Morgan fingerprint density at radius 1 is 1.12 bits per heavy atom. The number of benzene rings is 1. The summed E-state index contributed by atoms with van der Waals surface area (Å²) in [6, 6.07) is 15.3. The number of pyridine rings is 1. The molecular formula is C25H36N6O. The van der Waals surface area contributed by atoms with Crippen molar-refractivity contribution in [3.05, 3.63) is 54.2 Å². The predicted octanol–water partition coefficient (Wildman–Crippen LogP) is 3.03. The van der Waals surface area contributed by atoms with Gasteiger partial charge in [0.2, 0.25) is 0 Å². The number of hydrogen-bond acceptors (Lipinski definition) is 5. The zero-order valence-corrected chi connectivity index (χ0v) is 19.3. The Hall–Kier alpha value is -2.80. The molecule has 2 aliphatic heterocycles. The van der Waals surface area contributed by atoms with Crippen molar-refractivity contribution in [2.75, 3.05) is 49.1 Å². The number of aliphatic imine (C=N–C) groups is 1. The molecule has 0 amide bonds. The van der Waals surface area contributed by atoms with Crippen LogP contribution in [-0.2, 0) is 11.3 Å².